The van der Waals surface area contributed by atoms with Crippen molar-refractivity contribution >= 4 is 0 Å². The van der Waals surface area contributed by atoms with Gasteiger partial charge >= 0.3 is 6.18 Å². The number of hydrogen-bond acceptors (Lipinski definition) is 3. The Hall–Kier alpha value is -1.27. The van der Waals surface area contributed by atoms with Crippen LogP contribution < -0.4 is 4.74 Å². The van der Waals surface area contributed by atoms with Crippen molar-refractivity contribution in [3.05, 3.63) is 29.8 Å². The summed E-state index contributed by atoms with van der Waals surface area (Å²) in [7, 11) is 6.25. The number of fused-ring (bicyclic) bond motifs is 2. The van der Waals surface area contributed by atoms with Crippen LogP contribution in [0.5, 0.6) is 5.75 Å². The maximum atomic E-state index is 12.9. The molecular weight excluding hydrogens is 317 g/mol. The Morgan fingerprint density at radius 2 is 1.92 bits per heavy atom. The number of alkyl halides is 3. The van der Waals surface area contributed by atoms with Crippen molar-refractivity contribution in [1.29, 1.82) is 0 Å². The van der Waals surface area contributed by atoms with Gasteiger partial charge in [-0.15, -0.1) is 0 Å². The first-order valence-electron chi connectivity index (χ1n) is 8.44. The molecule has 4 atom stereocenters. The molecule has 1 aromatic carbocycles. The van der Waals surface area contributed by atoms with E-state index in [2.05, 4.69) is 30.9 Å². The zero-order chi connectivity index (χ0) is 17.5. The first-order valence-corrected chi connectivity index (χ1v) is 8.44. The van der Waals surface area contributed by atoms with Crippen LogP contribution in [-0.2, 0) is 6.18 Å². The van der Waals surface area contributed by atoms with Crippen LogP contribution in [-0.4, -0.2) is 56.2 Å². The van der Waals surface area contributed by atoms with Crippen LogP contribution in [0.2, 0.25) is 0 Å². The third kappa shape index (κ3) is 3.54. The molecule has 0 radical (unpaired) electrons. The molecule has 3 rings (SSSR count). The first-order chi connectivity index (χ1) is 11.3. The summed E-state index contributed by atoms with van der Waals surface area (Å²) in [6.45, 7) is 1.86. The van der Waals surface area contributed by atoms with Gasteiger partial charge in [0.15, 0.2) is 0 Å². The largest absolute Gasteiger partial charge is 0.490 e. The Bertz CT molecular complexity index is 576. The molecule has 0 spiro atoms. The minimum atomic E-state index is -4.34. The Kier molecular flexibility index (Phi) is 4.80. The molecule has 3 nitrogen and oxygen atoms in total. The molecular formula is C18H25F3N2O. The fourth-order valence-corrected chi connectivity index (χ4v) is 4.31. The highest BCUT2D eigenvalue weighted by atomic mass is 19.4. The number of ether oxygens (including phenoxy) is 1. The van der Waals surface area contributed by atoms with Crippen molar-refractivity contribution in [2.75, 3.05) is 34.2 Å². The Labute approximate surface area is 141 Å². The van der Waals surface area contributed by atoms with Gasteiger partial charge in [-0.2, -0.15) is 13.2 Å². The zero-order valence-electron chi connectivity index (χ0n) is 14.4. The Morgan fingerprint density at radius 1 is 1.17 bits per heavy atom. The average Bonchev–Trinajstić information content (AvgIpc) is 2.47. The number of piperidine rings is 1. The molecule has 24 heavy (non-hydrogen) atoms. The number of rotatable bonds is 3. The van der Waals surface area contributed by atoms with E-state index in [4.69, 9.17) is 4.74 Å². The van der Waals surface area contributed by atoms with Crippen molar-refractivity contribution in [2.24, 2.45) is 11.8 Å². The minimum Gasteiger partial charge on any atom is -0.490 e. The lowest BCUT2D eigenvalue weighted by molar-refractivity contribution is -0.137. The molecule has 1 saturated heterocycles. The number of hydrogen-bond donors (Lipinski definition) is 0. The number of likely N-dealkylation sites (tertiary alicyclic amines) is 1. The molecule has 0 N–H and O–H groups in total. The molecule has 1 aliphatic heterocycles. The summed E-state index contributed by atoms with van der Waals surface area (Å²) in [5.41, 5.74) is -0.651. The summed E-state index contributed by atoms with van der Waals surface area (Å²) in [6.07, 6.45) is -2.19. The van der Waals surface area contributed by atoms with Gasteiger partial charge in [0.25, 0.3) is 0 Å². The molecule has 1 heterocycles. The molecule has 134 valence electrons. The highest BCUT2D eigenvalue weighted by molar-refractivity contribution is 5.30. The highest BCUT2D eigenvalue weighted by Crippen LogP contribution is 2.39. The van der Waals surface area contributed by atoms with Gasteiger partial charge in [0.05, 0.1) is 5.56 Å². The van der Waals surface area contributed by atoms with Gasteiger partial charge in [0, 0.05) is 31.0 Å². The van der Waals surface area contributed by atoms with Crippen molar-refractivity contribution in [3.8, 4) is 5.75 Å². The smallest absolute Gasteiger partial charge is 0.416 e. The summed E-state index contributed by atoms with van der Waals surface area (Å²) in [5.74, 6) is 1.01. The van der Waals surface area contributed by atoms with E-state index in [1.165, 1.54) is 6.07 Å². The van der Waals surface area contributed by atoms with Gasteiger partial charge in [-0.25, -0.2) is 0 Å². The van der Waals surface area contributed by atoms with E-state index in [9.17, 15) is 13.2 Å². The zero-order valence-corrected chi connectivity index (χ0v) is 14.4. The summed E-state index contributed by atoms with van der Waals surface area (Å²) in [4.78, 5) is 4.54. The maximum Gasteiger partial charge on any atom is 0.416 e. The topological polar surface area (TPSA) is 15.7 Å². The summed E-state index contributed by atoms with van der Waals surface area (Å²) in [6, 6.07) is 5.67. The lowest BCUT2D eigenvalue weighted by atomic mass is 9.72. The lowest BCUT2D eigenvalue weighted by Gasteiger charge is -2.51. The van der Waals surface area contributed by atoms with Crippen LogP contribution in [0, 0.1) is 11.8 Å². The van der Waals surface area contributed by atoms with Crippen molar-refractivity contribution in [3.63, 3.8) is 0 Å². The van der Waals surface area contributed by atoms with E-state index in [0.29, 0.717) is 23.6 Å². The van der Waals surface area contributed by atoms with Crippen LogP contribution in [0.15, 0.2) is 24.3 Å². The second-order valence-electron chi connectivity index (χ2n) is 7.36. The molecule has 1 aromatic rings. The van der Waals surface area contributed by atoms with Crippen LogP contribution in [0.1, 0.15) is 18.4 Å². The lowest BCUT2D eigenvalue weighted by Crippen LogP contribution is -2.60. The number of benzene rings is 1. The minimum absolute atomic E-state index is 0.0224. The van der Waals surface area contributed by atoms with Gasteiger partial charge < -0.3 is 14.5 Å². The number of halogens is 3. The van der Waals surface area contributed by atoms with Crippen LogP contribution in [0.25, 0.3) is 0 Å². The van der Waals surface area contributed by atoms with E-state index >= 15 is 0 Å². The molecule has 2 unspecified atom stereocenters. The molecule has 0 amide bonds. The molecule has 1 saturated carbocycles. The van der Waals surface area contributed by atoms with Crippen LogP contribution >= 0.6 is 0 Å². The Balaban J connectivity index is 1.83. The van der Waals surface area contributed by atoms with E-state index < -0.39 is 11.7 Å². The quantitative estimate of drug-likeness (QED) is 0.838. The van der Waals surface area contributed by atoms with E-state index in [-0.39, 0.29) is 6.10 Å². The molecule has 1 aliphatic carbocycles. The van der Waals surface area contributed by atoms with Crippen LogP contribution in [0.4, 0.5) is 13.2 Å². The number of nitrogens with zero attached hydrogens (tertiary/aromatic N) is 2. The molecule has 2 bridgehead atoms. The van der Waals surface area contributed by atoms with Gasteiger partial charge in [0.1, 0.15) is 11.9 Å². The summed E-state index contributed by atoms with van der Waals surface area (Å²) < 4.78 is 44.9. The van der Waals surface area contributed by atoms with Crippen molar-refractivity contribution in [2.45, 2.75) is 31.2 Å². The highest BCUT2D eigenvalue weighted by Gasteiger charge is 2.46. The molecule has 6 heteroatoms. The Morgan fingerprint density at radius 3 is 2.58 bits per heavy atom. The molecule has 2 fully saturated rings. The van der Waals surface area contributed by atoms with Gasteiger partial charge in [-0.1, -0.05) is 6.07 Å². The van der Waals surface area contributed by atoms with Gasteiger partial charge in [0.2, 0.25) is 0 Å². The van der Waals surface area contributed by atoms with E-state index in [1.54, 1.807) is 6.07 Å². The molecule has 2 aliphatic rings. The predicted octanol–water partition coefficient (Wildman–Crippen LogP) is 3.35. The van der Waals surface area contributed by atoms with Crippen molar-refractivity contribution in [1.82, 2.24) is 9.80 Å². The monoisotopic (exact) mass is 342 g/mol. The third-order valence-corrected chi connectivity index (χ3v) is 5.38. The normalized spacial score (nSPS) is 31.3. The van der Waals surface area contributed by atoms with Gasteiger partial charge in [-0.05, 0) is 52.2 Å². The standard InChI is InChI=1S/C18H25F3N2O/c1-22(2)16-8-7-12-10-23(3)11-15(16)17(12)24-14-6-4-5-13(9-14)18(19,20)21/h4-6,9,12,15-17H,7-8,10-11H2,1-3H3/t12?,15?,16-,17+/m0/s1. The predicted molar refractivity (Wildman–Crippen MR) is 87.0 cm³/mol. The fraction of sp³-hybridized carbons (Fsp3) is 0.667. The summed E-state index contributed by atoms with van der Waals surface area (Å²) in [5, 5.41) is 0. The fourth-order valence-electron chi connectivity index (χ4n) is 4.31. The second kappa shape index (κ2) is 6.56. The molecule has 0 aromatic heterocycles. The second-order valence-corrected chi connectivity index (χ2v) is 7.36. The van der Waals surface area contributed by atoms with Crippen molar-refractivity contribution < 1.29 is 17.9 Å². The van der Waals surface area contributed by atoms with E-state index in [1.807, 2.05) is 0 Å². The SMILES string of the molecule is CN1CC2CC[C@H](N(C)C)C(C1)[C@@H]2Oc1cccc(C(F)(F)F)c1. The maximum absolute atomic E-state index is 12.9. The van der Waals surface area contributed by atoms with E-state index in [0.717, 1.165) is 38.1 Å². The summed E-state index contributed by atoms with van der Waals surface area (Å²) >= 11 is 0. The average molecular weight is 342 g/mol. The van der Waals surface area contributed by atoms with Crippen LogP contribution in [0.3, 0.4) is 0 Å². The first kappa shape index (κ1) is 17.5. The third-order valence-electron chi connectivity index (χ3n) is 5.38. The van der Waals surface area contributed by atoms with Gasteiger partial charge in [-0.3, -0.25) is 0 Å².